The first-order valence-corrected chi connectivity index (χ1v) is 11.6. The smallest absolute Gasteiger partial charge is 0.359 e. The minimum absolute atomic E-state index is 0.0742. The lowest BCUT2D eigenvalue weighted by atomic mass is 9.90. The van der Waals surface area contributed by atoms with Crippen LogP contribution in [0.3, 0.4) is 0 Å². The van der Waals surface area contributed by atoms with Crippen molar-refractivity contribution >= 4 is 23.5 Å². The molecule has 0 saturated heterocycles. The van der Waals surface area contributed by atoms with E-state index in [9.17, 15) is 14.4 Å². The molecule has 3 heterocycles. The van der Waals surface area contributed by atoms with Gasteiger partial charge in [0.25, 0.3) is 5.91 Å². The van der Waals surface area contributed by atoms with E-state index in [4.69, 9.17) is 14.2 Å². The van der Waals surface area contributed by atoms with Crippen LogP contribution in [-0.2, 0) is 16.1 Å². The van der Waals surface area contributed by atoms with Crippen LogP contribution in [0.5, 0.6) is 11.5 Å². The van der Waals surface area contributed by atoms with E-state index in [1.165, 1.54) is 24.8 Å². The summed E-state index contributed by atoms with van der Waals surface area (Å²) in [6.07, 6.45) is 6.55. The van der Waals surface area contributed by atoms with Gasteiger partial charge in [0.1, 0.15) is 24.4 Å². The van der Waals surface area contributed by atoms with Crippen molar-refractivity contribution in [3.05, 3.63) is 35.9 Å². The highest BCUT2D eigenvalue weighted by molar-refractivity contribution is 6.15. The standard InChI is InChI=1S/C24H28N4O6/c1-24(23(31)26-15-6-4-3-5-7-15)13-27-14-25-19(22(30)32-2)20(27)21(29)28(24)16-8-9-17-18(12-16)34-11-10-33-17/h8-9,12,14-15H,3-7,10-11,13H2,1-2H3,(H,26,31). The fourth-order valence-corrected chi connectivity index (χ4v) is 5.04. The Balaban J connectivity index is 1.58. The largest absolute Gasteiger partial charge is 0.486 e. The van der Waals surface area contributed by atoms with Gasteiger partial charge in [-0.25, -0.2) is 9.78 Å². The normalized spacial score (nSPS) is 22.2. The molecule has 2 amide bonds. The van der Waals surface area contributed by atoms with Crippen LogP contribution in [0.25, 0.3) is 0 Å². The minimum Gasteiger partial charge on any atom is -0.486 e. The second-order valence-electron chi connectivity index (χ2n) is 9.11. The maximum absolute atomic E-state index is 13.9. The number of hydrogen-bond donors (Lipinski definition) is 1. The predicted molar refractivity (Wildman–Crippen MR) is 121 cm³/mol. The van der Waals surface area contributed by atoms with Crippen molar-refractivity contribution in [3.8, 4) is 11.5 Å². The molecule has 1 aliphatic carbocycles. The molecule has 34 heavy (non-hydrogen) atoms. The molecule has 2 aromatic rings. The van der Waals surface area contributed by atoms with E-state index in [1.54, 1.807) is 29.7 Å². The number of carbonyl (C=O) groups excluding carboxylic acids is 3. The maximum atomic E-state index is 13.9. The van der Waals surface area contributed by atoms with Crippen molar-refractivity contribution in [1.29, 1.82) is 0 Å². The van der Waals surface area contributed by atoms with Gasteiger partial charge in [-0.1, -0.05) is 19.3 Å². The Kier molecular flexibility index (Phi) is 5.66. The van der Waals surface area contributed by atoms with E-state index in [0.29, 0.717) is 30.4 Å². The fourth-order valence-electron chi connectivity index (χ4n) is 5.04. The fraction of sp³-hybridized carbons (Fsp3) is 0.500. The van der Waals surface area contributed by atoms with Crippen LogP contribution in [0, 0.1) is 0 Å². The number of nitrogens with zero attached hydrogens (tertiary/aromatic N) is 3. The third-order valence-corrected chi connectivity index (χ3v) is 6.81. The molecule has 1 saturated carbocycles. The molecule has 2 aliphatic heterocycles. The Morgan fingerprint density at radius 1 is 1.15 bits per heavy atom. The van der Waals surface area contributed by atoms with Gasteiger partial charge in [-0.3, -0.25) is 14.5 Å². The molecule has 0 spiro atoms. The van der Waals surface area contributed by atoms with Gasteiger partial charge in [0.05, 0.1) is 20.0 Å². The zero-order chi connectivity index (χ0) is 23.9. The first kappa shape index (κ1) is 22.2. The van der Waals surface area contributed by atoms with Crippen LogP contribution in [0.15, 0.2) is 24.5 Å². The summed E-state index contributed by atoms with van der Waals surface area (Å²) in [6.45, 7) is 2.70. The molecular weight excluding hydrogens is 440 g/mol. The number of methoxy groups -OCH3 is 1. The lowest BCUT2D eigenvalue weighted by Crippen LogP contribution is -2.65. The molecule has 1 aromatic carbocycles. The van der Waals surface area contributed by atoms with Gasteiger partial charge in [0.15, 0.2) is 17.2 Å². The number of anilines is 1. The van der Waals surface area contributed by atoms with Crippen LogP contribution in [0.1, 0.15) is 60.0 Å². The van der Waals surface area contributed by atoms with Gasteiger partial charge in [-0.2, -0.15) is 0 Å². The lowest BCUT2D eigenvalue weighted by Gasteiger charge is -2.44. The summed E-state index contributed by atoms with van der Waals surface area (Å²) in [7, 11) is 1.24. The van der Waals surface area contributed by atoms with Crippen molar-refractivity contribution in [2.24, 2.45) is 0 Å². The average molecular weight is 469 g/mol. The van der Waals surface area contributed by atoms with Crippen molar-refractivity contribution in [2.45, 2.75) is 57.2 Å². The van der Waals surface area contributed by atoms with Crippen molar-refractivity contribution < 1.29 is 28.6 Å². The van der Waals surface area contributed by atoms with Crippen LogP contribution < -0.4 is 19.7 Å². The Morgan fingerprint density at radius 3 is 2.62 bits per heavy atom. The summed E-state index contributed by atoms with van der Waals surface area (Å²) < 4.78 is 17.7. The number of carbonyl (C=O) groups is 3. The highest BCUT2D eigenvalue weighted by atomic mass is 16.6. The van der Waals surface area contributed by atoms with Crippen molar-refractivity contribution in [1.82, 2.24) is 14.9 Å². The molecular formula is C24H28N4O6. The number of benzene rings is 1. The van der Waals surface area contributed by atoms with Crippen molar-refractivity contribution in [3.63, 3.8) is 0 Å². The number of amides is 2. The Morgan fingerprint density at radius 2 is 1.88 bits per heavy atom. The zero-order valence-electron chi connectivity index (χ0n) is 19.3. The molecule has 1 fully saturated rings. The molecule has 1 aromatic heterocycles. The van der Waals surface area contributed by atoms with Gasteiger partial charge < -0.3 is 24.1 Å². The minimum atomic E-state index is -1.26. The summed E-state index contributed by atoms with van der Waals surface area (Å²) in [5.74, 6) is -0.393. The number of fused-ring (bicyclic) bond motifs is 2. The van der Waals surface area contributed by atoms with Gasteiger partial charge >= 0.3 is 5.97 Å². The summed E-state index contributed by atoms with van der Waals surface area (Å²) in [4.78, 5) is 45.5. The number of aromatic nitrogens is 2. The SMILES string of the molecule is COC(=O)c1ncn2c1C(=O)N(c1ccc3c(c1)OCCO3)C(C)(C(=O)NC1CCCCC1)C2. The number of hydrogen-bond acceptors (Lipinski definition) is 7. The molecule has 1 unspecified atom stereocenters. The quantitative estimate of drug-likeness (QED) is 0.686. The Hall–Kier alpha value is -3.56. The lowest BCUT2D eigenvalue weighted by molar-refractivity contribution is -0.127. The highest BCUT2D eigenvalue weighted by Gasteiger charge is 2.50. The number of esters is 1. The summed E-state index contributed by atoms with van der Waals surface area (Å²) in [6, 6.07) is 5.22. The van der Waals surface area contributed by atoms with E-state index in [-0.39, 0.29) is 29.9 Å². The first-order valence-electron chi connectivity index (χ1n) is 11.6. The van der Waals surface area contributed by atoms with E-state index in [0.717, 1.165) is 25.7 Å². The molecule has 3 aliphatic rings. The monoisotopic (exact) mass is 468 g/mol. The van der Waals surface area contributed by atoms with Crippen LogP contribution in [0.2, 0.25) is 0 Å². The molecule has 10 nitrogen and oxygen atoms in total. The zero-order valence-corrected chi connectivity index (χ0v) is 19.3. The third kappa shape index (κ3) is 3.66. The third-order valence-electron chi connectivity index (χ3n) is 6.81. The summed E-state index contributed by atoms with van der Waals surface area (Å²) in [5.41, 5.74) is -0.785. The second kappa shape index (κ2) is 8.66. The van der Waals surface area contributed by atoms with Crippen LogP contribution in [-0.4, -0.2) is 59.2 Å². The van der Waals surface area contributed by atoms with Gasteiger partial charge in [0, 0.05) is 17.8 Å². The van der Waals surface area contributed by atoms with Crippen LogP contribution in [0.4, 0.5) is 5.69 Å². The topological polar surface area (TPSA) is 112 Å². The van der Waals surface area contributed by atoms with Gasteiger partial charge in [0.2, 0.25) is 5.91 Å². The Labute approximate surface area is 197 Å². The number of ether oxygens (including phenoxy) is 3. The Bertz CT molecular complexity index is 1140. The number of rotatable bonds is 4. The molecule has 10 heteroatoms. The molecule has 0 radical (unpaired) electrons. The average Bonchev–Trinajstić information content (AvgIpc) is 3.28. The van der Waals surface area contributed by atoms with E-state index in [1.807, 2.05) is 0 Å². The van der Waals surface area contributed by atoms with Crippen molar-refractivity contribution in [2.75, 3.05) is 25.2 Å². The maximum Gasteiger partial charge on any atom is 0.359 e. The highest BCUT2D eigenvalue weighted by Crippen LogP contribution is 2.39. The molecule has 5 rings (SSSR count). The van der Waals surface area contributed by atoms with E-state index < -0.39 is 17.4 Å². The molecule has 0 bridgehead atoms. The van der Waals surface area contributed by atoms with E-state index >= 15 is 0 Å². The van der Waals surface area contributed by atoms with Crippen LogP contribution >= 0.6 is 0 Å². The molecule has 180 valence electrons. The van der Waals surface area contributed by atoms with Gasteiger partial charge in [-0.05, 0) is 31.9 Å². The molecule has 1 atom stereocenters. The second-order valence-corrected chi connectivity index (χ2v) is 9.11. The predicted octanol–water partition coefficient (Wildman–Crippen LogP) is 2.31. The molecule has 1 N–H and O–H groups in total. The first-order chi connectivity index (χ1) is 16.4. The van der Waals surface area contributed by atoms with E-state index in [2.05, 4.69) is 10.3 Å². The number of nitrogens with one attached hydrogen (secondary N) is 1. The number of imidazole rings is 1. The van der Waals surface area contributed by atoms with Gasteiger partial charge in [-0.15, -0.1) is 0 Å². The summed E-state index contributed by atoms with van der Waals surface area (Å²) >= 11 is 0. The summed E-state index contributed by atoms with van der Waals surface area (Å²) in [5, 5.41) is 3.17.